The van der Waals surface area contributed by atoms with E-state index in [2.05, 4.69) is 46.1 Å². The number of aromatic nitrogens is 2. The van der Waals surface area contributed by atoms with E-state index in [1.165, 1.54) is 46.4 Å². The summed E-state index contributed by atoms with van der Waals surface area (Å²) in [6, 6.07) is 1.07. The number of aliphatic hydroxyl groups is 1. The first-order valence-corrected chi connectivity index (χ1v) is 13.9. The first kappa shape index (κ1) is 34.6. The number of quaternary nitrogens is 2. The molecule has 13 nitrogen and oxygen atoms in total. The van der Waals surface area contributed by atoms with Crippen molar-refractivity contribution >= 4 is 7.82 Å². The molecule has 0 radical (unpaired) electrons. The van der Waals surface area contributed by atoms with Crippen molar-refractivity contribution in [3.8, 4) is 0 Å². The number of phosphoric ester groups is 1. The molecule has 0 saturated carbocycles. The number of rotatable bonds is 11. The number of aromatic amines is 1. The zero-order chi connectivity index (χ0) is 27.9. The minimum atomic E-state index is -5.23. The second kappa shape index (κ2) is 17.9. The van der Waals surface area contributed by atoms with Gasteiger partial charge in [-0.2, -0.15) is 0 Å². The van der Waals surface area contributed by atoms with E-state index in [0.717, 1.165) is 16.8 Å². The van der Waals surface area contributed by atoms with E-state index < -0.39 is 50.2 Å². The van der Waals surface area contributed by atoms with Crippen molar-refractivity contribution in [1.29, 1.82) is 0 Å². The molecule has 1 fully saturated rings. The SMILES string of the molecule is CC[NH+](CC)CC.CC[NH+](CC)CC.COC1C(O)C(COP(=O)([O-])[O-])OC1n1ccc(=O)[nH]c1=O. The highest BCUT2D eigenvalue weighted by Crippen LogP contribution is 2.33. The van der Waals surface area contributed by atoms with Gasteiger partial charge in [0.2, 0.25) is 0 Å². The van der Waals surface area contributed by atoms with Gasteiger partial charge in [-0.1, -0.05) is 0 Å². The van der Waals surface area contributed by atoms with Gasteiger partial charge in [0.1, 0.15) is 18.3 Å². The van der Waals surface area contributed by atoms with E-state index in [1.54, 1.807) is 9.80 Å². The molecule has 2 heterocycles. The molecule has 1 aliphatic rings. The van der Waals surface area contributed by atoms with Crippen LogP contribution in [-0.2, 0) is 18.6 Å². The van der Waals surface area contributed by atoms with Crippen LogP contribution in [0.2, 0.25) is 0 Å². The van der Waals surface area contributed by atoms with Gasteiger partial charge < -0.3 is 43.3 Å². The van der Waals surface area contributed by atoms with Crippen LogP contribution in [0.25, 0.3) is 0 Å². The number of nitrogens with one attached hydrogen (secondary N) is 3. The predicted molar refractivity (Wildman–Crippen MR) is 131 cm³/mol. The minimum absolute atomic E-state index is 0.618. The van der Waals surface area contributed by atoms with Gasteiger partial charge in [-0.05, 0) is 41.5 Å². The zero-order valence-corrected chi connectivity index (χ0v) is 23.4. The van der Waals surface area contributed by atoms with Crippen molar-refractivity contribution in [2.75, 3.05) is 53.0 Å². The molecule has 14 heteroatoms. The summed E-state index contributed by atoms with van der Waals surface area (Å²) in [4.78, 5) is 49.1. The van der Waals surface area contributed by atoms with Gasteiger partial charge in [0.15, 0.2) is 6.23 Å². The van der Waals surface area contributed by atoms with Crippen LogP contribution in [0.3, 0.4) is 0 Å². The highest BCUT2D eigenvalue weighted by atomic mass is 31.2. The molecule has 1 aromatic heterocycles. The molecule has 0 aliphatic carbocycles. The third-order valence-corrected chi connectivity index (χ3v) is 6.57. The molecule has 4 N–H and O–H groups in total. The lowest BCUT2D eigenvalue weighted by molar-refractivity contribution is -0.894. The summed E-state index contributed by atoms with van der Waals surface area (Å²) < 4.78 is 25.9. The van der Waals surface area contributed by atoms with Crippen molar-refractivity contribution in [2.24, 2.45) is 0 Å². The first-order chi connectivity index (χ1) is 16.9. The Bertz CT molecular complexity index is 845. The van der Waals surface area contributed by atoms with E-state index in [-0.39, 0.29) is 0 Å². The molecular weight excluding hydrogens is 495 g/mol. The summed E-state index contributed by atoms with van der Waals surface area (Å²) in [6.07, 6.45) is -3.57. The van der Waals surface area contributed by atoms with E-state index in [0.29, 0.717) is 0 Å². The molecule has 1 aromatic rings. The monoisotopic (exact) mass is 540 g/mol. The standard InChI is InChI=1S/C10H15N2O9P.2C6H15N/c1-19-8-7(14)5(4-20-22(16,17)18)21-9(8)12-3-2-6(13)11-10(12)15;2*1-4-7(5-2)6-3/h2-3,5,7-9,14H,4H2,1H3,(H,11,13,15)(H2,16,17,18);2*4-6H2,1-3H3. The second-order valence-corrected chi connectivity index (χ2v) is 9.29. The lowest BCUT2D eigenvalue weighted by Crippen LogP contribution is -3.11. The maximum absolute atomic E-state index is 11.7. The Labute approximate surface area is 213 Å². The minimum Gasteiger partial charge on any atom is -0.790 e. The van der Waals surface area contributed by atoms with Crippen molar-refractivity contribution < 1.29 is 43.3 Å². The van der Waals surface area contributed by atoms with E-state index >= 15 is 0 Å². The number of hydrogen-bond donors (Lipinski definition) is 4. The topological polar surface area (TPSA) is 175 Å². The summed E-state index contributed by atoms with van der Waals surface area (Å²) in [5.41, 5.74) is -1.42. The van der Waals surface area contributed by atoms with Crippen LogP contribution < -0.4 is 30.8 Å². The molecule has 1 saturated heterocycles. The molecule has 2 rings (SSSR count). The van der Waals surface area contributed by atoms with Crippen molar-refractivity contribution in [2.45, 2.75) is 66.1 Å². The summed E-state index contributed by atoms with van der Waals surface area (Å²) in [5, 5.41) is 10.0. The lowest BCUT2D eigenvalue weighted by Gasteiger charge is -2.30. The summed E-state index contributed by atoms with van der Waals surface area (Å²) >= 11 is 0. The largest absolute Gasteiger partial charge is 0.790 e. The van der Waals surface area contributed by atoms with Crippen LogP contribution >= 0.6 is 7.82 Å². The fourth-order valence-corrected chi connectivity index (χ4v) is 3.96. The van der Waals surface area contributed by atoms with Gasteiger partial charge in [0.25, 0.3) is 5.56 Å². The normalized spacial score (nSPS) is 21.7. The average Bonchev–Trinajstić information content (AvgIpc) is 3.15. The number of aliphatic hydroxyl groups excluding tert-OH is 1. The van der Waals surface area contributed by atoms with E-state index in [9.17, 15) is 29.0 Å². The van der Waals surface area contributed by atoms with Gasteiger partial charge in [-0.15, -0.1) is 0 Å². The quantitative estimate of drug-likeness (QED) is 0.208. The molecule has 0 spiro atoms. The van der Waals surface area contributed by atoms with Gasteiger partial charge in [0.05, 0.1) is 53.7 Å². The zero-order valence-electron chi connectivity index (χ0n) is 22.5. The predicted octanol–water partition coefficient (Wildman–Crippen LogP) is -3.48. The van der Waals surface area contributed by atoms with E-state index in [4.69, 9.17) is 9.47 Å². The molecule has 4 atom stereocenters. The van der Waals surface area contributed by atoms with E-state index in [1.807, 2.05) is 4.98 Å². The number of nitrogens with zero attached hydrogens (tertiary/aromatic N) is 1. The maximum atomic E-state index is 11.7. The second-order valence-electron chi connectivity index (χ2n) is 8.14. The molecule has 1 aliphatic heterocycles. The number of phosphoric acid groups is 1. The number of hydrogen-bond acceptors (Lipinski definition) is 9. The van der Waals surface area contributed by atoms with Crippen LogP contribution in [0.5, 0.6) is 0 Å². The summed E-state index contributed by atoms with van der Waals surface area (Å²) in [7, 11) is -3.98. The average molecular weight is 541 g/mol. The smallest absolute Gasteiger partial charge is 0.330 e. The van der Waals surface area contributed by atoms with Crippen molar-refractivity contribution in [3.05, 3.63) is 33.1 Å². The Hall–Kier alpha value is -1.41. The highest BCUT2D eigenvalue weighted by molar-refractivity contribution is 7.43. The molecular formula is C22H45N4O9P. The van der Waals surface area contributed by atoms with Crippen LogP contribution in [0.15, 0.2) is 21.9 Å². The summed E-state index contributed by atoms with van der Waals surface area (Å²) in [6.45, 7) is 20.2. The van der Waals surface area contributed by atoms with Crippen LogP contribution in [0, 0.1) is 0 Å². The Morgan fingerprint density at radius 3 is 1.83 bits per heavy atom. The Morgan fingerprint density at radius 2 is 1.50 bits per heavy atom. The summed E-state index contributed by atoms with van der Waals surface area (Å²) in [5.74, 6) is 0. The number of H-pyrrole nitrogens is 1. The molecule has 212 valence electrons. The highest BCUT2D eigenvalue weighted by Gasteiger charge is 2.45. The third kappa shape index (κ3) is 12.2. The number of methoxy groups -OCH3 is 1. The lowest BCUT2D eigenvalue weighted by atomic mass is 10.1. The fourth-order valence-electron chi connectivity index (χ4n) is 3.63. The Kier molecular flexibility index (Phi) is 17.2. The fraction of sp³-hybridized carbons (Fsp3) is 0.818. The van der Waals surface area contributed by atoms with Crippen LogP contribution in [-0.4, -0.2) is 86.0 Å². The molecule has 0 bridgehead atoms. The maximum Gasteiger partial charge on any atom is 0.330 e. The van der Waals surface area contributed by atoms with Gasteiger partial charge in [0, 0.05) is 19.4 Å². The van der Waals surface area contributed by atoms with Gasteiger partial charge in [-0.25, -0.2) is 4.79 Å². The van der Waals surface area contributed by atoms with Crippen LogP contribution in [0.4, 0.5) is 0 Å². The van der Waals surface area contributed by atoms with Crippen molar-refractivity contribution in [3.63, 3.8) is 0 Å². The molecule has 0 aromatic carbocycles. The molecule has 0 amide bonds. The van der Waals surface area contributed by atoms with Gasteiger partial charge >= 0.3 is 5.69 Å². The van der Waals surface area contributed by atoms with Crippen LogP contribution in [0.1, 0.15) is 47.8 Å². The number of ether oxygens (including phenoxy) is 2. The third-order valence-electron chi connectivity index (χ3n) is 6.11. The van der Waals surface area contributed by atoms with Crippen molar-refractivity contribution in [1.82, 2.24) is 9.55 Å². The Balaban J connectivity index is 0.000000720. The first-order valence-electron chi connectivity index (χ1n) is 12.4. The molecule has 36 heavy (non-hydrogen) atoms. The van der Waals surface area contributed by atoms with Gasteiger partial charge in [-0.3, -0.25) is 14.3 Å². The Morgan fingerprint density at radius 1 is 1.03 bits per heavy atom. The molecule has 4 unspecified atom stereocenters.